The molecule has 0 aromatic heterocycles. The van der Waals surface area contributed by atoms with Crippen LogP contribution in [0.5, 0.6) is 5.75 Å². The molecule has 2 aliphatic heterocycles. The van der Waals surface area contributed by atoms with E-state index in [1.165, 1.54) is 30.4 Å². The lowest BCUT2D eigenvalue weighted by Gasteiger charge is -2.41. The van der Waals surface area contributed by atoms with Gasteiger partial charge in [0, 0.05) is 37.6 Å². The van der Waals surface area contributed by atoms with Gasteiger partial charge in [-0.05, 0) is 79.0 Å². The number of fused-ring (bicyclic) bond motifs is 2. The third kappa shape index (κ3) is 8.23. The number of aliphatic hydroxyl groups is 1. The molecule has 0 radical (unpaired) electrons. The van der Waals surface area contributed by atoms with E-state index >= 15 is 0 Å². The predicted molar refractivity (Wildman–Crippen MR) is 166 cm³/mol. The number of ether oxygens (including phenoxy) is 1. The summed E-state index contributed by atoms with van der Waals surface area (Å²) in [4.78, 5) is 15.5. The van der Waals surface area contributed by atoms with E-state index in [9.17, 15) is 9.00 Å². The summed E-state index contributed by atoms with van der Waals surface area (Å²) >= 11 is 6.37. The number of anilines is 1. The van der Waals surface area contributed by atoms with Crippen molar-refractivity contribution in [3.8, 4) is 5.75 Å². The van der Waals surface area contributed by atoms with Crippen molar-refractivity contribution in [2.75, 3.05) is 31.7 Å². The van der Waals surface area contributed by atoms with Crippen LogP contribution in [0.1, 0.15) is 89.2 Å². The first kappa shape index (κ1) is 32.4. The minimum Gasteiger partial charge on any atom is -0.491 e. The van der Waals surface area contributed by atoms with E-state index in [2.05, 4.69) is 28.7 Å². The molecule has 5 rings (SSSR count). The Morgan fingerprint density at radius 2 is 1.80 bits per heavy atom. The minimum atomic E-state index is -1.58. The fraction of sp³-hybridized carbons (Fsp3) is 0.594. The van der Waals surface area contributed by atoms with Gasteiger partial charge in [-0.25, -0.2) is 4.21 Å². The predicted octanol–water partition coefficient (Wildman–Crippen LogP) is 7.04. The number of rotatable bonds is 3. The zero-order chi connectivity index (χ0) is 29.1. The number of aryl methyl sites for hydroxylation is 1. The highest BCUT2D eigenvalue weighted by Crippen LogP contribution is 2.43. The fourth-order valence-corrected chi connectivity index (χ4v) is 7.06. The molecule has 1 amide bonds. The summed E-state index contributed by atoms with van der Waals surface area (Å²) in [5.41, 5.74) is 3.60. The Morgan fingerprint density at radius 3 is 2.52 bits per heavy atom. The average Bonchev–Trinajstić information content (AvgIpc) is 3.14. The maximum Gasteiger partial charge on any atom is 0.231 e. The van der Waals surface area contributed by atoms with Gasteiger partial charge in [-0.15, -0.1) is 0 Å². The molecule has 0 saturated heterocycles. The highest BCUT2D eigenvalue weighted by molar-refractivity contribution is 7.83. The van der Waals surface area contributed by atoms with Gasteiger partial charge < -0.3 is 14.7 Å². The van der Waals surface area contributed by atoms with Gasteiger partial charge >= 0.3 is 0 Å². The normalized spacial score (nSPS) is 24.4. The van der Waals surface area contributed by atoms with Crippen LogP contribution >= 0.6 is 11.6 Å². The lowest BCUT2D eigenvalue weighted by atomic mass is 9.70. The number of benzene rings is 2. The maximum absolute atomic E-state index is 13.0. The standard InChI is InChI=1S/C29H37ClN2O3S.C2H6.CH4O/c1-2-6-21-15-24(30)11-13-26(21)23-18-32-17-22-10-9-20(22)7-4-3-5-8-29(33)31-36(34)25-12-14-28(35-19-23)27(32)16-25;2*1-2/h11-16,20,22-23H,2-10,17-19H2,1H3,(H,31,33);1-2H3;2H,1H3. The van der Waals surface area contributed by atoms with E-state index in [4.69, 9.17) is 21.4 Å². The van der Waals surface area contributed by atoms with Crippen molar-refractivity contribution in [3.63, 3.8) is 0 Å². The Bertz CT molecular complexity index is 1130. The number of amides is 1. The van der Waals surface area contributed by atoms with Crippen molar-refractivity contribution in [3.05, 3.63) is 52.5 Å². The van der Waals surface area contributed by atoms with Gasteiger partial charge in [0.1, 0.15) is 5.75 Å². The molecule has 4 unspecified atom stereocenters. The summed E-state index contributed by atoms with van der Waals surface area (Å²) in [6, 6.07) is 12.0. The van der Waals surface area contributed by atoms with E-state index < -0.39 is 11.0 Å². The summed E-state index contributed by atoms with van der Waals surface area (Å²) in [6.07, 6.45) is 9.35. The largest absolute Gasteiger partial charge is 0.491 e. The SMILES string of the molecule is CC.CCCc1cc(Cl)ccc1C1COc2ccc3cc2N(C1)CC1CCC1CCCCCC(=O)NS3=O.CO. The summed E-state index contributed by atoms with van der Waals surface area (Å²) in [5, 5.41) is 7.78. The first-order chi connectivity index (χ1) is 19.5. The second-order valence-electron chi connectivity index (χ2n) is 10.6. The zero-order valence-corrected chi connectivity index (χ0v) is 26.2. The van der Waals surface area contributed by atoms with Gasteiger partial charge in [-0.3, -0.25) is 9.52 Å². The fourth-order valence-electron chi connectivity index (χ4n) is 6.03. The Hall–Kier alpha value is -2.09. The molecular weight excluding hydrogens is 544 g/mol. The van der Waals surface area contributed by atoms with Gasteiger partial charge in [0.2, 0.25) is 5.91 Å². The van der Waals surface area contributed by atoms with E-state index in [-0.39, 0.29) is 11.8 Å². The number of hydrogen-bond acceptors (Lipinski definition) is 5. The molecule has 2 aromatic carbocycles. The average molecular weight is 591 g/mol. The Labute approximate surface area is 248 Å². The highest BCUT2D eigenvalue weighted by atomic mass is 35.5. The molecule has 4 atom stereocenters. The van der Waals surface area contributed by atoms with Crippen LogP contribution < -0.4 is 14.4 Å². The van der Waals surface area contributed by atoms with Crippen LogP contribution in [0, 0.1) is 11.8 Å². The summed E-state index contributed by atoms with van der Waals surface area (Å²) < 4.78 is 22.1. The van der Waals surface area contributed by atoms with Gasteiger partial charge in [-0.1, -0.05) is 64.1 Å². The van der Waals surface area contributed by atoms with E-state index in [1.807, 2.05) is 38.1 Å². The van der Waals surface area contributed by atoms with Crippen LogP contribution in [0.15, 0.2) is 41.3 Å². The molecule has 2 aromatic rings. The van der Waals surface area contributed by atoms with Gasteiger partial charge in [0.15, 0.2) is 11.0 Å². The molecular formula is C32H47ClN2O4S. The van der Waals surface area contributed by atoms with Crippen LogP contribution in [0.4, 0.5) is 5.69 Å². The Morgan fingerprint density at radius 1 is 1.02 bits per heavy atom. The molecule has 2 bridgehead atoms. The monoisotopic (exact) mass is 590 g/mol. The number of nitrogens with zero attached hydrogens (tertiary/aromatic N) is 1. The van der Waals surface area contributed by atoms with Crippen molar-refractivity contribution in [2.45, 2.75) is 89.4 Å². The molecule has 1 saturated carbocycles. The third-order valence-electron chi connectivity index (χ3n) is 8.15. The van der Waals surface area contributed by atoms with Gasteiger partial charge in [0.05, 0.1) is 17.2 Å². The van der Waals surface area contributed by atoms with E-state index in [0.29, 0.717) is 23.8 Å². The molecule has 8 heteroatoms. The van der Waals surface area contributed by atoms with Crippen molar-refractivity contribution in [2.24, 2.45) is 11.8 Å². The topological polar surface area (TPSA) is 78.9 Å². The lowest BCUT2D eigenvalue weighted by Crippen LogP contribution is -2.40. The quantitative estimate of drug-likeness (QED) is 0.401. The van der Waals surface area contributed by atoms with Crippen LogP contribution in [-0.4, -0.2) is 42.0 Å². The molecule has 40 heavy (non-hydrogen) atoms. The summed E-state index contributed by atoms with van der Waals surface area (Å²) in [5.74, 6) is 2.31. The van der Waals surface area contributed by atoms with E-state index in [1.54, 1.807) is 0 Å². The number of carbonyl (C=O) groups excluding carboxylic acids is 1. The van der Waals surface area contributed by atoms with Gasteiger partial charge in [-0.2, -0.15) is 0 Å². The number of halogens is 1. The third-order valence-corrected chi connectivity index (χ3v) is 9.48. The molecule has 1 fully saturated rings. The Kier molecular flexibility index (Phi) is 13.3. The summed E-state index contributed by atoms with van der Waals surface area (Å²) in [6.45, 7) is 8.62. The molecule has 6 nitrogen and oxygen atoms in total. The minimum absolute atomic E-state index is 0.140. The molecule has 222 valence electrons. The number of hydrogen-bond donors (Lipinski definition) is 2. The number of carbonyl (C=O) groups is 1. The summed E-state index contributed by atoms with van der Waals surface area (Å²) in [7, 11) is -0.578. The second kappa shape index (κ2) is 16.4. The zero-order valence-electron chi connectivity index (χ0n) is 24.6. The first-order valence-electron chi connectivity index (χ1n) is 15.0. The maximum atomic E-state index is 13.0. The van der Waals surface area contributed by atoms with E-state index in [0.717, 1.165) is 74.7 Å². The van der Waals surface area contributed by atoms with Crippen LogP contribution in [0.2, 0.25) is 5.02 Å². The number of aliphatic hydroxyl groups excluding tert-OH is 1. The molecule has 2 heterocycles. The lowest BCUT2D eigenvalue weighted by molar-refractivity contribution is -0.119. The number of nitrogens with one attached hydrogen (secondary N) is 1. The van der Waals surface area contributed by atoms with Crippen molar-refractivity contribution in [1.82, 2.24) is 4.72 Å². The first-order valence-corrected chi connectivity index (χ1v) is 16.5. The molecule has 0 spiro atoms. The second-order valence-corrected chi connectivity index (χ2v) is 12.3. The van der Waals surface area contributed by atoms with Gasteiger partial charge in [0.25, 0.3) is 0 Å². The molecule has 3 aliphatic rings. The van der Waals surface area contributed by atoms with Crippen molar-refractivity contribution in [1.29, 1.82) is 0 Å². The van der Waals surface area contributed by atoms with Crippen LogP contribution in [0.25, 0.3) is 0 Å². The smallest absolute Gasteiger partial charge is 0.231 e. The Balaban J connectivity index is 0.00000106. The van der Waals surface area contributed by atoms with Crippen molar-refractivity contribution >= 4 is 34.2 Å². The van der Waals surface area contributed by atoms with Crippen molar-refractivity contribution < 1.29 is 18.8 Å². The van der Waals surface area contributed by atoms with Crippen LogP contribution in [-0.2, 0) is 22.2 Å². The highest BCUT2D eigenvalue weighted by Gasteiger charge is 2.35. The molecule has 2 N–H and O–H groups in total. The van der Waals surface area contributed by atoms with Crippen LogP contribution in [0.3, 0.4) is 0 Å². The molecule has 1 aliphatic carbocycles.